The molecule has 0 unspecified atom stereocenters. The summed E-state index contributed by atoms with van der Waals surface area (Å²) in [6.07, 6.45) is 5.64. The predicted molar refractivity (Wildman–Crippen MR) is 113 cm³/mol. The van der Waals surface area contributed by atoms with E-state index in [2.05, 4.69) is 47.6 Å². The van der Waals surface area contributed by atoms with Gasteiger partial charge in [0, 0.05) is 38.3 Å². The minimum Gasteiger partial charge on any atom is -0.335 e. The molecule has 1 aromatic heterocycles. The fourth-order valence-corrected chi connectivity index (χ4v) is 4.45. The molecule has 1 aromatic carbocycles. The molecule has 2 aromatic rings. The number of piperazine rings is 1. The number of aryl methyl sites for hydroxylation is 1. The van der Waals surface area contributed by atoms with Crippen molar-refractivity contribution in [3.63, 3.8) is 0 Å². The van der Waals surface area contributed by atoms with Gasteiger partial charge in [-0.15, -0.1) is 0 Å². The Labute approximate surface area is 168 Å². The van der Waals surface area contributed by atoms with Gasteiger partial charge < -0.3 is 9.47 Å². The molecule has 150 valence electrons. The van der Waals surface area contributed by atoms with E-state index < -0.39 is 0 Å². The Balaban J connectivity index is 1.63. The third-order valence-electron chi connectivity index (χ3n) is 6.08. The Bertz CT molecular complexity index is 816. The predicted octanol–water partition coefficient (Wildman–Crippen LogP) is 3.75. The highest BCUT2D eigenvalue weighted by Crippen LogP contribution is 2.28. The fourth-order valence-electron chi connectivity index (χ4n) is 4.45. The minimum atomic E-state index is 0.125. The van der Waals surface area contributed by atoms with Crippen molar-refractivity contribution in [2.45, 2.75) is 52.5 Å². The van der Waals surface area contributed by atoms with Gasteiger partial charge in [-0.25, -0.2) is 4.98 Å². The van der Waals surface area contributed by atoms with Gasteiger partial charge in [0.05, 0.1) is 5.69 Å². The van der Waals surface area contributed by atoms with Gasteiger partial charge in [0.1, 0.15) is 11.5 Å². The standard InChI is InChI=1S/C23H32N4O/c1-3-12-25-14-16-26(17-15-25)23(28)21-20-7-5-4-6-13-27(20)22(24-21)19-10-8-18(2)9-11-19/h8-11H,3-7,12-17H2,1-2H3. The van der Waals surface area contributed by atoms with Gasteiger partial charge >= 0.3 is 0 Å². The second-order valence-electron chi connectivity index (χ2n) is 8.19. The van der Waals surface area contributed by atoms with Gasteiger partial charge in [-0.1, -0.05) is 43.2 Å². The SMILES string of the molecule is CCCN1CCN(C(=O)c2nc(-c3ccc(C)cc3)n3c2CCCCC3)CC1. The van der Waals surface area contributed by atoms with Crippen molar-refractivity contribution in [1.29, 1.82) is 0 Å². The summed E-state index contributed by atoms with van der Waals surface area (Å²) >= 11 is 0. The average molecular weight is 381 g/mol. The summed E-state index contributed by atoms with van der Waals surface area (Å²) in [6, 6.07) is 8.52. The third-order valence-corrected chi connectivity index (χ3v) is 6.08. The summed E-state index contributed by atoms with van der Waals surface area (Å²) in [5.41, 5.74) is 4.20. The lowest BCUT2D eigenvalue weighted by Gasteiger charge is -2.34. The molecule has 0 N–H and O–H groups in total. The number of imidazole rings is 1. The molecule has 0 aliphatic carbocycles. The lowest BCUT2D eigenvalue weighted by Crippen LogP contribution is -2.49. The summed E-state index contributed by atoms with van der Waals surface area (Å²) in [5.74, 6) is 1.09. The number of carbonyl (C=O) groups excluding carboxylic acids is 1. The number of fused-ring (bicyclic) bond motifs is 1. The quantitative estimate of drug-likeness (QED) is 0.811. The molecule has 1 saturated heterocycles. The first-order valence-corrected chi connectivity index (χ1v) is 10.9. The molecule has 0 saturated carbocycles. The van der Waals surface area contributed by atoms with Crippen LogP contribution in [-0.4, -0.2) is 58.0 Å². The Kier molecular flexibility index (Phi) is 5.81. The molecule has 1 amide bonds. The molecule has 0 bridgehead atoms. The van der Waals surface area contributed by atoms with Crippen molar-refractivity contribution in [2.75, 3.05) is 32.7 Å². The lowest BCUT2D eigenvalue weighted by atomic mass is 10.1. The maximum Gasteiger partial charge on any atom is 0.274 e. The Morgan fingerprint density at radius 1 is 1.00 bits per heavy atom. The van der Waals surface area contributed by atoms with Gasteiger partial charge in [-0.05, 0) is 39.2 Å². The van der Waals surface area contributed by atoms with Crippen LogP contribution in [0.1, 0.15) is 54.4 Å². The molecule has 1 fully saturated rings. The van der Waals surface area contributed by atoms with Crippen molar-refractivity contribution in [3.05, 3.63) is 41.2 Å². The molecule has 2 aliphatic heterocycles. The smallest absolute Gasteiger partial charge is 0.274 e. The number of nitrogens with zero attached hydrogens (tertiary/aromatic N) is 4. The zero-order valence-corrected chi connectivity index (χ0v) is 17.3. The van der Waals surface area contributed by atoms with E-state index in [-0.39, 0.29) is 5.91 Å². The molecule has 28 heavy (non-hydrogen) atoms. The second-order valence-corrected chi connectivity index (χ2v) is 8.19. The van der Waals surface area contributed by atoms with Crippen LogP contribution >= 0.6 is 0 Å². The van der Waals surface area contributed by atoms with Crippen LogP contribution in [0.15, 0.2) is 24.3 Å². The number of hydrogen-bond donors (Lipinski definition) is 0. The highest BCUT2D eigenvalue weighted by molar-refractivity contribution is 5.94. The van der Waals surface area contributed by atoms with Crippen molar-refractivity contribution < 1.29 is 4.79 Å². The molecule has 0 atom stereocenters. The van der Waals surface area contributed by atoms with Gasteiger partial charge in [0.15, 0.2) is 0 Å². The van der Waals surface area contributed by atoms with Gasteiger partial charge in [-0.2, -0.15) is 0 Å². The van der Waals surface area contributed by atoms with E-state index >= 15 is 0 Å². The first-order valence-electron chi connectivity index (χ1n) is 10.9. The number of carbonyl (C=O) groups is 1. The summed E-state index contributed by atoms with van der Waals surface area (Å²) in [7, 11) is 0. The highest BCUT2D eigenvalue weighted by Gasteiger charge is 2.29. The van der Waals surface area contributed by atoms with E-state index in [9.17, 15) is 4.79 Å². The van der Waals surface area contributed by atoms with Crippen molar-refractivity contribution in [2.24, 2.45) is 0 Å². The zero-order chi connectivity index (χ0) is 19.5. The van der Waals surface area contributed by atoms with Gasteiger partial charge in [-0.3, -0.25) is 9.69 Å². The van der Waals surface area contributed by atoms with Gasteiger partial charge in [0.2, 0.25) is 0 Å². The average Bonchev–Trinajstić information content (AvgIpc) is 2.90. The lowest BCUT2D eigenvalue weighted by molar-refractivity contribution is 0.0631. The normalized spacial score (nSPS) is 18.0. The van der Waals surface area contributed by atoms with Crippen LogP contribution in [0.2, 0.25) is 0 Å². The van der Waals surface area contributed by atoms with E-state index in [4.69, 9.17) is 4.98 Å². The largest absolute Gasteiger partial charge is 0.335 e. The van der Waals surface area contributed by atoms with Gasteiger partial charge in [0.25, 0.3) is 5.91 Å². The number of hydrogen-bond acceptors (Lipinski definition) is 3. The molecule has 3 heterocycles. The molecule has 0 spiro atoms. The van der Waals surface area contributed by atoms with Crippen LogP contribution in [0.25, 0.3) is 11.4 Å². The van der Waals surface area contributed by atoms with E-state index in [1.54, 1.807) is 0 Å². The third kappa shape index (κ3) is 3.86. The summed E-state index contributed by atoms with van der Waals surface area (Å²) in [4.78, 5) is 22.8. The van der Waals surface area contributed by atoms with Crippen LogP contribution in [-0.2, 0) is 13.0 Å². The number of rotatable bonds is 4. The van der Waals surface area contributed by atoms with E-state index in [0.717, 1.165) is 75.6 Å². The second kappa shape index (κ2) is 8.48. The topological polar surface area (TPSA) is 41.4 Å². The summed E-state index contributed by atoms with van der Waals surface area (Å²) in [6.45, 7) is 9.97. The molecule has 0 radical (unpaired) electrons. The van der Waals surface area contributed by atoms with Crippen LogP contribution in [0.5, 0.6) is 0 Å². The summed E-state index contributed by atoms with van der Waals surface area (Å²) in [5, 5.41) is 0. The minimum absolute atomic E-state index is 0.125. The van der Waals surface area contributed by atoms with Crippen molar-refractivity contribution in [1.82, 2.24) is 19.4 Å². The Hall–Kier alpha value is -2.14. The van der Waals surface area contributed by atoms with E-state index in [1.165, 1.54) is 18.4 Å². The maximum absolute atomic E-state index is 13.4. The van der Waals surface area contributed by atoms with Crippen LogP contribution in [0, 0.1) is 6.92 Å². The van der Waals surface area contributed by atoms with Crippen molar-refractivity contribution >= 4 is 5.91 Å². The van der Waals surface area contributed by atoms with Crippen molar-refractivity contribution in [3.8, 4) is 11.4 Å². The number of amides is 1. The summed E-state index contributed by atoms with van der Waals surface area (Å²) < 4.78 is 2.32. The molecule has 5 heteroatoms. The molecular formula is C23H32N4O. The molecule has 2 aliphatic rings. The van der Waals surface area contributed by atoms with Crippen LogP contribution in [0.4, 0.5) is 0 Å². The first kappa shape index (κ1) is 19.2. The van der Waals surface area contributed by atoms with E-state index in [1.807, 2.05) is 4.90 Å². The zero-order valence-electron chi connectivity index (χ0n) is 17.3. The Morgan fingerprint density at radius 2 is 1.75 bits per heavy atom. The number of aromatic nitrogens is 2. The Morgan fingerprint density at radius 3 is 2.46 bits per heavy atom. The molecular weight excluding hydrogens is 348 g/mol. The highest BCUT2D eigenvalue weighted by atomic mass is 16.2. The fraction of sp³-hybridized carbons (Fsp3) is 0.565. The first-order chi connectivity index (χ1) is 13.7. The monoisotopic (exact) mass is 380 g/mol. The van der Waals surface area contributed by atoms with Crippen LogP contribution < -0.4 is 0 Å². The maximum atomic E-state index is 13.4. The molecule has 5 nitrogen and oxygen atoms in total. The van der Waals surface area contributed by atoms with Crippen LogP contribution in [0.3, 0.4) is 0 Å². The van der Waals surface area contributed by atoms with E-state index in [0.29, 0.717) is 5.69 Å². The number of benzene rings is 1. The molecule has 4 rings (SSSR count).